The lowest BCUT2D eigenvalue weighted by molar-refractivity contribution is 0.198. The fourth-order valence-electron chi connectivity index (χ4n) is 0.858. The summed E-state index contributed by atoms with van der Waals surface area (Å²) in [5.74, 6) is -0.518. The minimum Gasteiger partial charge on any atom is -0.389 e. The van der Waals surface area contributed by atoms with Crippen LogP contribution in [0.4, 0.5) is 4.39 Å². The van der Waals surface area contributed by atoms with Crippen molar-refractivity contribution in [3.63, 3.8) is 0 Å². The van der Waals surface area contributed by atoms with Crippen LogP contribution in [0, 0.1) is 5.82 Å². The van der Waals surface area contributed by atoms with Gasteiger partial charge in [0.05, 0.1) is 11.1 Å². The smallest absolute Gasteiger partial charge is 0.142 e. The maximum atomic E-state index is 12.9. The molecule has 1 atom stereocenters. The van der Waals surface area contributed by atoms with Gasteiger partial charge in [-0.1, -0.05) is 27.5 Å². The average molecular weight is 253 g/mol. The highest BCUT2D eigenvalue weighted by molar-refractivity contribution is 9.10. The van der Waals surface area contributed by atoms with Crippen molar-refractivity contribution in [1.29, 1.82) is 0 Å². The molecule has 1 unspecified atom stereocenters. The van der Waals surface area contributed by atoms with E-state index < -0.39 is 11.9 Å². The minimum absolute atomic E-state index is 0.0475. The highest BCUT2D eigenvalue weighted by atomic mass is 79.9. The molecule has 0 bridgehead atoms. The molecule has 12 heavy (non-hydrogen) atoms. The summed E-state index contributed by atoms with van der Waals surface area (Å²) in [5.41, 5.74) is 0.497. The van der Waals surface area contributed by atoms with Crippen molar-refractivity contribution in [3.05, 3.63) is 33.0 Å². The highest BCUT2D eigenvalue weighted by Crippen LogP contribution is 2.28. The second-order valence-corrected chi connectivity index (χ2v) is 3.73. The second-order valence-electron chi connectivity index (χ2n) is 2.46. The highest BCUT2D eigenvalue weighted by Gasteiger charge is 2.10. The van der Waals surface area contributed by atoms with E-state index in [2.05, 4.69) is 15.9 Å². The Hall–Kier alpha value is -0.120. The minimum atomic E-state index is -0.703. The van der Waals surface area contributed by atoms with E-state index in [9.17, 15) is 9.50 Å². The Morgan fingerprint density at radius 1 is 1.58 bits per heavy atom. The lowest BCUT2D eigenvalue weighted by Gasteiger charge is -2.07. The third kappa shape index (κ3) is 1.97. The summed E-state index contributed by atoms with van der Waals surface area (Å²) < 4.78 is 13.5. The van der Waals surface area contributed by atoms with Crippen LogP contribution in [0.5, 0.6) is 0 Å². The van der Waals surface area contributed by atoms with Crippen molar-refractivity contribution < 1.29 is 9.50 Å². The number of rotatable bonds is 1. The molecule has 0 amide bonds. The van der Waals surface area contributed by atoms with Gasteiger partial charge >= 0.3 is 0 Å². The molecule has 0 heterocycles. The molecule has 0 radical (unpaired) electrons. The van der Waals surface area contributed by atoms with Gasteiger partial charge in [-0.15, -0.1) is 0 Å². The van der Waals surface area contributed by atoms with Gasteiger partial charge in [0.15, 0.2) is 0 Å². The number of aliphatic hydroxyl groups excluding tert-OH is 1. The van der Waals surface area contributed by atoms with Gasteiger partial charge in [-0.05, 0) is 24.6 Å². The summed E-state index contributed by atoms with van der Waals surface area (Å²) in [4.78, 5) is 0. The van der Waals surface area contributed by atoms with E-state index in [1.54, 1.807) is 6.92 Å². The Bertz CT molecular complexity index is 301. The fraction of sp³-hybridized carbons (Fsp3) is 0.250. The van der Waals surface area contributed by atoms with Gasteiger partial charge in [-0.25, -0.2) is 4.39 Å². The molecule has 0 aliphatic heterocycles. The molecule has 0 aromatic heterocycles. The third-order valence-electron chi connectivity index (χ3n) is 1.49. The Morgan fingerprint density at radius 3 is 2.67 bits per heavy atom. The van der Waals surface area contributed by atoms with Crippen molar-refractivity contribution >= 4 is 27.5 Å². The van der Waals surface area contributed by atoms with Crippen LogP contribution < -0.4 is 0 Å². The van der Waals surface area contributed by atoms with Crippen LogP contribution in [0.3, 0.4) is 0 Å². The van der Waals surface area contributed by atoms with E-state index in [-0.39, 0.29) is 5.02 Å². The van der Waals surface area contributed by atoms with Crippen molar-refractivity contribution in [2.75, 3.05) is 0 Å². The Balaban J connectivity index is 3.23. The molecular weight excluding hydrogens is 246 g/mol. The number of halogens is 3. The fourth-order valence-corrected chi connectivity index (χ4v) is 1.83. The molecule has 0 fully saturated rings. The Morgan fingerprint density at radius 2 is 2.17 bits per heavy atom. The zero-order chi connectivity index (χ0) is 9.30. The van der Waals surface area contributed by atoms with Crippen molar-refractivity contribution in [2.24, 2.45) is 0 Å². The topological polar surface area (TPSA) is 20.2 Å². The molecule has 4 heteroatoms. The van der Waals surface area contributed by atoms with Crippen LogP contribution in [0.15, 0.2) is 16.6 Å². The number of benzene rings is 1. The first-order chi connectivity index (χ1) is 5.52. The van der Waals surface area contributed by atoms with Crippen LogP contribution in [0.25, 0.3) is 0 Å². The summed E-state index contributed by atoms with van der Waals surface area (Å²) in [6, 6.07) is 2.65. The molecule has 1 aromatic carbocycles. The quantitative estimate of drug-likeness (QED) is 0.762. The van der Waals surface area contributed by atoms with Gasteiger partial charge in [-0.2, -0.15) is 0 Å². The third-order valence-corrected chi connectivity index (χ3v) is 2.47. The number of hydrogen-bond acceptors (Lipinski definition) is 1. The first-order valence-electron chi connectivity index (χ1n) is 3.35. The van der Waals surface area contributed by atoms with E-state index >= 15 is 0 Å². The van der Waals surface area contributed by atoms with Gasteiger partial charge in [0.25, 0.3) is 0 Å². The lowest BCUT2D eigenvalue weighted by atomic mass is 10.1. The maximum absolute atomic E-state index is 12.9. The molecule has 0 saturated carbocycles. The number of hydrogen-bond donors (Lipinski definition) is 1. The molecule has 0 aliphatic carbocycles. The summed E-state index contributed by atoms with van der Waals surface area (Å²) in [5, 5.41) is 9.23. The summed E-state index contributed by atoms with van der Waals surface area (Å²) in [6.07, 6.45) is -0.703. The Labute approximate surface area is 83.3 Å². The summed E-state index contributed by atoms with van der Waals surface area (Å²) in [6.45, 7) is 1.56. The largest absolute Gasteiger partial charge is 0.389 e. The second kappa shape index (κ2) is 3.73. The molecule has 0 spiro atoms. The maximum Gasteiger partial charge on any atom is 0.142 e. The predicted octanol–water partition coefficient (Wildman–Crippen LogP) is 3.29. The Kier molecular flexibility index (Phi) is 3.09. The zero-order valence-corrected chi connectivity index (χ0v) is 8.66. The normalized spacial score (nSPS) is 13.1. The van der Waals surface area contributed by atoms with Gasteiger partial charge in [0, 0.05) is 4.47 Å². The predicted molar refractivity (Wildman–Crippen MR) is 49.7 cm³/mol. The van der Waals surface area contributed by atoms with E-state index in [0.29, 0.717) is 10.0 Å². The van der Waals surface area contributed by atoms with Crippen molar-refractivity contribution in [2.45, 2.75) is 13.0 Å². The SMILES string of the molecule is CC(O)c1cc(F)c(Cl)cc1Br. The zero-order valence-electron chi connectivity index (χ0n) is 6.31. The summed E-state index contributed by atoms with van der Waals surface area (Å²) >= 11 is 8.67. The van der Waals surface area contributed by atoms with E-state index in [0.717, 1.165) is 0 Å². The van der Waals surface area contributed by atoms with Gasteiger partial charge in [-0.3, -0.25) is 0 Å². The standard InChI is InChI=1S/C8H7BrClFO/c1-4(12)5-2-8(11)7(10)3-6(5)9/h2-4,12H,1H3. The van der Waals surface area contributed by atoms with Crippen molar-refractivity contribution in [3.8, 4) is 0 Å². The van der Waals surface area contributed by atoms with Crippen LogP contribution in [0.2, 0.25) is 5.02 Å². The molecular formula is C8H7BrClFO. The molecule has 1 nitrogen and oxygen atoms in total. The molecule has 1 N–H and O–H groups in total. The van der Waals surface area contributed by atoms with E-state index in [1.807, 2.05) is 0 Å². The van der Waals surface area contributed by atoms with Gasteiger partial charge in [0.2, 0.25) is 0 Å². The van der Waals surface area contributed by atoms with E-state index in [4.69, 9.17) is 11.6 Å². The van der Waals surface area contributed by atoms with Crippen LogP contribution in [0.1, 0.15) is 18.6 Å². The van der Waals surface area contributed by atoms with Gasteiger partial charge < -0.3 is 5.11 Å². The van der Waals surface area contributed by atoms with Crippen LogP contribution in [-0.4, -0.2) is 5.11 Å². The lowest BCUT2D eigenvalue weighted by Crippen LogP contribution is -1.94. The molecule has 66 valence electrons. The average Bonchev–Trinajstić information content (AvgIpc) is 1.96. The molecule has 0 saturated heterocycles. The van der Waals surface area contributed by atoms with Crippen LogP contribution in [-0.2, 0) is 0 Å². The number of aliphatic hydroxyl groups is 1. The summed E-state index contributed by atoms with van der Waals surface area (Å²) in [7, 11) is 0. The van der Waals surface area contributed by atoms with Crippen LogP contribution >= 0.6 is 27.5 Å². The first kappa shape index (κ1) is 9.96. The van der Waals surface area contributed by atoms with Crippen molar-refractivity contribution in [1.82, 2.24) is 0 Å². The van der Waals surface area contributed by atoms with Gasteiger partial charge in [0.1, 0.15) is 5.82 Å². The monoisotopic (exact) mass is 252 g/mol. The molecule has 1 aromatic rings. The molecule has 1 rings (SSSR count). The first-order valence-corrected chi connectivity index (χ1v) is 4.52. The van der Waals surface area contributed by atoms with E-state index in [1.165, 1.54) is 12.1 Å². The molecule has 0 aliphatic rings.